The molecule has 122 valence electrons. The molecule has 7 heteroatoms. The lowest BCUT2D eigenvalue weighted by atomic mass is 10.1. The van der Waals surface area contributed by atoms with Crippen LogP contribution in [-0.2, 0) is 9.47 Å². The van der Waals surface area contributed by atoms with E-state index in [-0.39, 0.29) is 18.2 Å². The third-order valence-electron chi connectivity index (χ3n) is 4.46. The van der Waals surface area contributed by atoms with Gasteiger partial charge in [-0.3, -0.25) is 0 Å². The van der Waals surface area contributed by atoms with E-state index in [2.05, 4.69) is 56.3 Å². The molecule has 1 saturated heterocycles. The lowest BCUT2D eigenvalue weighted by Crippen LogP contribution is -2.27. The van der Waals surface area contributed by atoms with Gasteiger partial charge in [0.25, 0.3) is 0 Å². The minimum absolute atomic E-state index is 0.00687. The van der Waals surface area contributed by atoms with Gasteiger partial charge in [-0.2, -0.15) is 0 Å². The van der Waals surface area contributed by atoms with Crippen LogP contribution in [0.1, 0.15) is 33.2 Å². The van der Waals surface area contributed by atoms with Crippen LogP contribution in [0.4, 0.5) is 0 Å². The fraction of sp³-hybridized carbons (Fsp3) is 0.500. The van der Waals surface area contributed by atoms with E-state index in [0.717, 1.165) is 21.0 Å². The highest BCUT2D eigenvalue weighted by atomic mass is 127. The van der Waals surface area contributed by atoms with Crippen LogP contribution >= 0.6 is 34.2 Å². The fourth-order valence-electron chi connectivity index (χ4n) is 3.52. The average Bonchev–Trinajstić information content (AvgIpc) is 3.08. The first-order chi connectivity index (χ1) is 10.9. The molecule has 0 bridgehead atoms. The number of halogens is 2. The van der Waals surface area contributed by atoms with Crippen molar-refractivity contribution in [3.05, 3.63) is 32.9 Å². The van der Waals surface area contributed by atoms with Crippen molar-refractivity contribution in [3.63, 3.8) is 0 Å². The minimum Gasteiger partial charge on any atom is -0.342 e. The van der Waals surface area contributed by atoms with Gasteiger partial charge in [-0.05, 0) is 48.4 Å². The first kappa shape index (κ1) is 15.8. The van der Waals surface area contributed by atoms with E-state index in [4.69, 9.17) is 21.1 Å². The average molecular weight is 446 g/mol. The van der Waals surface area contributed by atoms with Gasteiger partial charge in [-0.15, -0.1) is 0 Å². The third-order valence-corrected chi connectivity index (χ3v) is 5.57. The maximum atomic E-state index is 6.25. The summed E-state index contributed by atoms with van der Waals surface area (Å²) in [6.45, 7) is 6.08. The Hall–Kier alpha value is -0.700. The minimum atomic E-state index is -0.564. The second-order valence-electron chi connectivity index (χ2n) is 6.35. The van der Waals surface area contributed by atoms with Gasteiger partial charge in [-0.25, -0.2) is 9.97 Å². The van der Waals surface area contributed by atoms with Crippen molar-refractivity contribution >= 4 is 45.2 Å². The van der Waals surface area contributed by atoms with Gasteiger partial charge in [0.1, 0.15) is 29.3 Å². The van der Waals surface area contributed by atoms with Crippen molar-refractivity contribution in [1.29, 1.82) is 0 Å². The summed E-state index contributed by atoms with van der Waals surface area (Å²) in [5.41, 5.74) is 2.11. The zero-order chi connectivity index (χ0) is 16.4. The van der Waals surface area contributed by atoms with E-state index in [0.29, 0.717) is 5.15 Å². The lowest BCUT2D eigenvalue weighted by molar-refractivity contribution is -0.147. The summed E-state index contributed by atoms with van der Waals surface area (Å²) in [5.74, 6) is -0.564. The maximum absolute atomic E-state index is 6.25. The number of nitrogens with zero attached hydrogens (tertiary/aromatic N) is 3. The first-order valence-electron chi connectivity index (χ1n) is 7.64. The SMILES string of the molecule is CCC1=C[C@@H](n2cc(I)c3c(Cl)ncnc32)C2OC(C)(C)O[C@@H]12. The zero-order valence-corrected chi connectivity index (χ0v) is 16.0. The number of hydrogen-bond acceptors (Lipinski definition) is 4. The van der Waals surface area contributed by atoms with E-state index in [1.807, 2.05) is 13.8 Å². The van der Waals surface area contributed by atoms with Gasteiger partial charge in [-0.1, -0.05) is 24.6 Å². The van der Waals surface area contributed by atoms with Crippen molar-refractivity contribution < 1.29 is 9.47 Å². The molecule has 0 radical (unpaired) electrons. The molecule has 0 amide bonds. The van der Waals surface area contributed by atoms with Crippen molar-refractivity contribution in [3.8, 4) is 0 Å². The molecular formula is C16H17ClIN3O2. The number of aromatic nitrogens is 3. The number of fused-ring (bicyclic) bond motifs is 2. The summed E-state index contributed by atoms with van der Waals surface area (Å²) >= 11 is 8.53. The summed E-state index contributed by atoms with van der Waals surface area (Å²) in [6, 6.07) is 0.0497. The highest BCUT2D eigenvalue weighted by Crippen LogP contribution is 2.45. The summed E-state index contributed by atoms with van der Waals surface area (Å²) in [7, 11) is 0. The Balaban J connectivity index is 1.85. The van der Waals surface area contributed by atoms with Crippen LogP contribution in [0.25, 0.3) is 11.0 Å². The number of rotatable bonds is 2. The molecular weight excluding hydrogens is 429 g/mol. The van der Waals surface area contributed by atoms with Crippen LogP contribution < -0.4 is 0 Å². The molecule has 5 nitrogen and oxygen atoms in total. The molecule has 0 spiro atoms. The van der Waals surface area contributed by atoms with Gasteiger partial charge in [0.2, 0.25) is 0 Å². The van der Waals surface area contributed by atoms with Crippen LogP contribution in [0.3, 0.4) is 0 Å². The topological polar surface area (TPSA) is 49.2 Å². The van der Waals surface area contributed by atoms with Gasteiger partial charge in [0, 0.05) is 9.77 Å². The van der Waals surface area contributed by atoms with E-state index in [9.17, 15) is 0 Å². The van der Waals surface area contributed by atoms with Gasteiger partial charge >= 0.3 is 0 Å². The van der Waals surface area contributed by atoms with Crippen molar-refractivity contribution in [1.82, 2.24) is 14.5 Å². The van der Waals surface area contributed by atoms with E-state index in [1.54, 1.807) is 0 Å². The van der Waals surface area contributed by atoms with Gasteiger partial charge in [0.15, 0.2) is 5.79 Å². The molecule has 0 aromatic carbocycles. The third kappa shape index (κ3) is 2.42. The van der Waals surface area contributed by atoms with Crippen LogP contribution in [0.15, 0.2) is 24.2 Å². The predicted octanol–water partition coefficient (Wildman–Crippen LogP) is 4.10. The Morgan fingerprint density at radius 3 is 2.87 bits per heavy atom. The molecule has 3 heterocycles. The second-order valence-corrected chi connectivity index (χ2v) is 7.87. The summed E-state index contributed by atoms with van der Waals surface area (Å²) in [5, 5.41) is 1.37. The molecule has 1 aliphatic carbocycles. The Morgan fingerprint density at radius 2 is 2.13 bits per heavy atom. The molecule has 4 rings (SSSR count). The molecule has 0 N–H and O–H groups in total. The van der Waals surface area contributed by atoms with E-state index >= 15 is 0 Å². The van der Waals surface area contributed by atoms with E-state index in [1.165, 1.54) is 11.9 Å². The highest BCUT2D eigenvalue weighted by molar-refractivity contribution is 14.1. The molecule has 0 saturated carbocycles. The fourth-order valence-corrected chi connectivity index (χ4v) is 4.71. The monoisotopic (exact) mass is 445 g/mol. The van der Waals surface area contributed by atoms with Gasteiger partial charge < -0.3 is 14.0 Å². The summed E-state index contributed by atoms with van der Waals surface area (Å²) in [4.78, 5) is 8.54. The smallest absolute Gasteiger partial charge is 0.164 e. The van der Waals surface area contributed by atoms with E-state index < -0.39 is 5.79 Å². The highest BCUT2D eigenvalue weighted by Gasteiger charge is 2.50. The van der Waals surface area contributed by atoms with Crippen LogP contribution in [-0.4, -0.2) is 32.5 Å². The Bertz CT molecular complexity index is 817. The normalized spacial score (nSPS) is 29.1. The Labute approximate surface area is 153 Å². The van der Waals surface area contributed by atoms with Crippen LogP contribution in [0.5, 0.6) is 0 Å². The number of ether oxygens (including phenoxy) is 2. The standard InChI is InChI=1S/C16H17ClIN3O2/c1-4-8-5-10(13-12(8)22-16(2,3)23-13)21-6-9(18)11-14(17)19-7-20-15(11)21/h5-7,10,12-13H,4H2,1-3H3/t10-,12+,13?/m1/s1. The molecule has 1 fully saturated rings. The van der Waals surface area contributed by atoms with Crippen molar-refractivity contribution in [2.75, 3.05) is 0 Å². The van der Waals surface area contributed by atoms with Crippen molar-refractivity contribution in [2.24, 2.45) is 0 Å². The maximum Gasteiger partial charge on any atom is 0.164 e. The quantitative estimate of drug-likeness (QED) is 0.397. The largest absolute Gasteiger partial charge is 0.342 e. The first-order valence-corrected chi connectivity index (χ1v) is 9.09. The molecule has 2 aromatic heterocycles. The summed E-state index contributed by atoms with van der Waals surface area (Å²) in [6.07, 6.45) is 6.73. The van der Waals surface area contributed by atoms with Crippen LogP contribution in [0, 0.1) is 3.57 Å². The Kier molecular flexibility index (Phi) is 3.71. The lowest BCUT2D eigenvalue weighted by Gasteiger charge is -2.22. The molecule has 1 unspecified atom stereocenters. The summed E-state index contributed by atoms with van der Waals surface area (Å²) < 4.78 is 15.5. The molecule has 3 atom stereocenters. The number of hydrogen-bond donors (Lipinski definition) is 0. The zero-order valence-electron chi connectivity index (χ0n) is 13.1. The molecule has 1 aliphatic heterocycles. The van der Waals surface area contributed by atoms with Crippen LogP contribution in [0.2, 0.25) is 5.15 Å². The predicted molar refractivity (Wildman–Crippen MR) is 96.5 cm³/mol. The second kappa shape index (κ2) is 5.40. The van der Waals surface area contributed by atoms with Crippen molar-refractivity contribution in [2.45, 2.75) is 51.2 Å². The molecule has 23 heavy (non-hydrogen) atoms. The molecule has 2 aliphatic rings. The Morgan fingerprint density at radius 1 is 1.35 bits per heavy atom. The molecule has 2 aromatic rings. The van der Waals surface area contributed by atoms with Gasteiger partial charge in [0.05, 0.1) is 11.4 Å².